The summed E-state index contributed by atoms with van der Waals surface area (Å²) in [7, 11) is 0. The Morgan fingerprint density at radius 1 is 1.35 bits per heavy atom. The summed E-state index contributed by atoms with van der Waals surface area (Å²) >= 11 is 5.46. The van der Waals surface area contributed by atoms with Crippen LogP contribution in [0.4, 0.5) is 0 Å². The molecule has 3 fully saturated rings. The molecule has 17 heavy (non-hydrogen) atoms. The molecule has 1 aromatic heterocycles. The molecule has 5 unspecified atom stereocenters. The van der Waals surface area contributed by atoms with E-state index >= 15 is 0 Å². The number of thiophene rings is 1. The van der Waals surface area contributed by atoms with Crippen molar-refractivity contribution < 1.29 is 0 Å². The van der Waals surface area contributed by atoms with Gasteiger partial charge in [-0.05, 0) is 82.6 Å². The maximum atomic E-state index is 6.47. The Hall–Kier alpha value is 0.140. The SMILES string of the molecule is NC(Cc1sccc1Br)C1C2C3CCC(C3)C12. The van der Waals surface area contributed by atoms with Gasteiger partial charge in [0.15, 0.2) is 0 Å². The molecule has 3 saturated carbocycles. The molecule has 3 heteroatoms. The molecule has 2 N–H and O–H groups in total. The fourth-order valence-electron chi connectivity index (χ4n) is 4.79. The van der Waals surface area contributed by atoms with Gasteiger partial charge in [-0.25, -0.2) is 0 Å². The first-order valence-corrected chi connectivity index (χ1v) is 8.40. The quantitative estimate of drug-likeness (QED) is 0.905. The minimum absolute atomic E-state index is 0.406. The Morgan fingerprint density at radius 3 is 2.65 bits per heavy atom. The van der Waals surface area contributed by atoms with Crippen LogP contribution in [0.2, 0.25) is 0 Å². The molecule has 0 aromatic carbocycles. The molecule has 1 aromatic rings. The zero-order chi connectivity index (χ0) is 11.6. The third-order valence-electron chi connectivity index (χ3n) is 5.40. The van der Waals surface area contributed by atoms with Crippen LogP contribution in [-0.4, -0.2) is 6.04 Å². The van der Waals surface area contributed by atoms with Crippen molar-refractivity contribution >= 4 is 27.3 Å². The van der Waals surface area contributed by atoms with Crippen LogP contribution in [0.15, 0.2) is 15.9 Å². The number of nitrogens with two attached hydrogens (primary N) is 1. The Morgan fingerprint density at radius 2 is 2.06 bits per heavy atom. The highest BCUT2D eigenvalue weighted by Crippen LogP contribution is 2.70. The number of hydrogen-bond donors (Lipinski definition) is 1. The van der Waals surface area contributed by atoms with Crippen LogP contribution in [0.5, 0.6) is 0 Å². The second-order valence-electron chi connectivity index (χ2n) is 6.12. The molecule has 0 saturated heterocycles. The topological polar surface area (TPSA) is 26.0 Å². The first-order chi connectivity index (χ1) is 8.25. The number of hydrogen-bond acceptors (Lipinski definition) is 2. The zero-order valence-corrected chi connectivity index (χ0v) is 12.2. The molecular weight excluding hydrogens is 294 g/mol. The van der Waals surface area contributed by atoms with Gasteiger partial charge in [0, 0.05) is 15.4 Å². The van der Waals surface area contributed by atoms with Gasteiger partial charge in [-0.1, -0.05) is 0 Å². The van der Waals surface area contributed by atoms with Gasteiger partial charge in [-0.2, -0.15) is 0 Å². The lowest BCUT2D eigenvalue weighted by molar-refractivity contribution is 0.410. The molecule has 3 aliphatic carbocycles. The summed E-state index contributed by atoms with van der Waals surface area (Å²) < 4.78 is 1.26. The van der Waals surface area contributed by atoms with Crippen LogP contribution in [0, 0.1) is 29.6 Å². The molecular formula is C14H18BrNS. The van der Waals surface area contributed by atoms with E-state index in [0.717, 1.165) is 36.0 Å². The summed E-state index contributed by atoms with van der Waals surface area (Å²) in [5.41, 5.74) is 6.47. The zero-order valence-electron chi connectivity index (χ0n) is 9.81. The van der Waals surface area contributed by atoms with Crippen molar-refractivity contribution in [3.63, 3.8) is 0 Å². The van der Waals surface area contributed by atoms with Crippen LogP contribution in [0.1, 0.15) is 24.1 Å². The van der Waals surface area contributed by atoms with Crippen molar-refractivity contribution in [3.8, 4) is 0 Å². The Balaban J connectivity index is 1.46. The van der Waals surface area contributed by atoms with Crippen molar-refractivity contribution in [2.24, 2.45) is 35.3 Å². The lowest BCUT2D eigenvalue weighted by Crippen LogP contribution is -2.28. The molecule has 1 nitrogen and oxygen atoms in total. The fraction of sp³-hybridized carbons (Fsp3) is 0.714. The second-order valence-corrected chi connectivity index (χ2v) is 7.98. The van der Waals surface area contributed by atoms with Gasteiger partial charge in [0.05, 0.1) is 0 Å². The maximum absolute atomic E-state index is 6.47. The van der Waals surface area contributed by atoms with Crippen molar-refractivity contribution in [2.75, 3.05) is 0 Å². The van der Waals surface area contributed by atoms with Gasteiger partial charge in [-0.3, -0.25) is 0 Å². The van der Waals surface area contributed by atoms with E-state index in [-0.39, 0.29) is 0 Å². The van der Waals surface area contributed by atoms with Crippen LogP contribution in [0.3, 0.4) is 0 Å². The molecule has 1 heterocycles. The van der Waals surface area contributed by atoms with Crippen molar-refractivity contribution in [1.29, 1.82) is 0 Å². The van der Waals surface area contributed by atoms with Crippen LogP contribution < -0.4 is 5.73 Å². The highest BCUT2D eigenvalue weighted by atomic mass is 79.9. The Kier molecular flexibility index (Phi) is 2.47. The lowest BCUT2D eigenvalue weighted by Gasteiger charge is -2.15. The summed E-state index contributed by atoms with van der Waals surface area (Å²) in [6.45, 7) is 0. The molecule has 0 aliphatic heterocycles. The standard InChI is InChI=1S/C14H18BrNS/c15-9-3-4-17-11(9)6-10(16)14-12-7-1-2-8(5-7)13(12)14/h3-4,7-8,10,12-14H,1-2,5-6,16H2. The van der Waals surface area contributed by atoms with E-state index in [1.807, 2.05) is 11.3 Å². The molecule has 92 valence electrons. The van der Waals surface area contributed by atoms with Crippen LogP contribution in [0.25, 0.3) is 0 Å². The van der Waals surface area contributed by atoms with Gasteiger partial charge >= 0.3 is 0 Å². The number of rotatable bonds is 3. The van der Waals surface area contributed by atoms with E-state index in [1.165, 1.54) is 28.6 Å². The van der Waals surface area contributed by atoms with Gasteiger partial charge in [0.2, 0.25) is 0 Å². The molecule has 0 amide bonds. The first-order valence-electron chi connectivity index (χ1n) is 6.73. The summed E-state index contributed by atoms with van der Waals surface area (Å²) in [5.74, 6) is 4.99. The van der Waals surface area contributed by atoms with Crippen LogP contribution in [-0.2, 0) is 6.42 Å². The van der Waals surface area contributed by atoms with E-state index in [9.17, 15) is 0 Å². The lowest BCUT2D eigenvalue weighted by atomic mass is 9.96. The van der Waals surface area contributed by atoms with Gasteiger partial charge in [0.25, 0.3) is 0 Å². The minimum atomic E-state index is 0.406. The van der Waals surface area contributed by atoms with E-state index < -0.39 is 0 Å². The highest BCUT2D eigenvalue weighted by molar-refractivity contribution is 9.10. The summed E-state index contributed by atoms with van der Waals surface area (Å²) in [5, 5.41) is 2.16. The molecule has 2 bridgehead atoms. The van der Waals surface area contributed by atoms with E-state index in [1.54, 1.807) is 0 Å². The largest absolute Gasteiger partial charge is 0.327 e. The van der Waals surface area contributed by atoms with E-state index in [0.29, 0.717) is 6.04 Å². The summed E-state index contributed by atoms with van der Waals surface area (Å²) in [4.78, 5) is 1.44. The Labute approximate surface area is 115 Å². The predicted molar refractivity (Wildman–Crippen MR) is 75.0 cm³/mol. The number of halogens is 1. The second kappa shape index (κ2) is 3.82. The maximum Gasteiger partial charge on any atom is 0.0314 e. The highest BCUT2D eigenvalue weighted by Gasteiger charge is 2.66. The predicted octanol–water partition coefficient (Wildman–Crippen LogP) is 3.67. The average Bonchev–Trinajstić information content (AvgIpc) is 2.64. The molecule has 0 spiro atoms. The molecule has 0 radical (unpaired) electrons. The smallest absolute Gasteiger partial charge is 0.0314 e. The van der Waals surface area contributed by atoms with Crippen LogP contribution >= 0.6 is 27.3 Å². The third kappa shape index (κ3) is 1.58. The number of fused-ring (bicyclic) bond motifs is 5. The summed E-state index contributed by atoms with van der Waals surface area (Å²) in [6.07, 6.45) is 5.60. The Bertz CT molecular complexity index is 427. The monoisotopic (exact) mass is 311 g/mol. The fourth-order valence-corrected chi connectivity index (χ4v) is 6.37. The van der Waals surface area contributed by atoms with Gasteiger partial charge in [-0.15, -0.1) is 11.3 Å². The molecule has 5 atom stereocenters. The van der Waals surface area contributed by atoms with Crippen molar-refractivity contribution in [2.45, 2.75) is 31.7 Å². The molecule has 4 rings (SSSR count). The van der Waals surface area contributed by atoms with E-state index in [2.05, 4.69) is 27.4 Å². The van der Waals surface area contributed by atoms with Crippen molar-refractivity contribution in [1.82, 2.24) is 0 Å². The molecule has 3 aliphatic rings. The van der Waals surface area contributed by atoms with Gasteiger partial charge in [0.1, 0.15) is 0 Å². The third-order valence-corrected chi connectivity index (χ3v) is 7.35. The normalized spacial score (nSPS) is 43.8. The van der Waals surface area contributed by atoms with Gasteiger partial charge < -0.3 is 5.73 Å². The van der Waals surface area contributed by atoms with E-state index in [4.69, 9.17) is 5.73 Å². The average molecular weight is 312 g/mol. The summed E-state index contributed by atoms with van der Waals surface area (Å²) in [6, 6.07) is 2.55. The minimum Gasteiger partial charge on any atom is -0.327 e. The first kappa shape index (κ1) is 11.0. The van der Waals surface area contributed by atoms with Crippen molar-refractivity contribution in [3.05, 3.63) is 20.8 Å².